The maximum Gasteiger partial charge on any atom is 0.220 e. The second-order valence-electron chi connectivity index (χ2n) is 31.0. The maximum atomic E-state index is 13.4. The molecule has 2 aliphatic heterocycles. The Morgan fingerprint density at radius 1 is 0.349 bits per heavy atom. The lowest BCUT2D eigenvalue weighted by atomic mass is 9.97. The summed E-state index contributed by atoms with van der Waals surface area (Å²) in [4.78, 5) is 13.4. The zero-order chi connectivity index (χ0) is 76.5. The van der Waals surface area contributed by atoms with E-state index in [1.807, 2.05) is 6.08 Å². The fraction of sp³-hybridized carbons (Fsp3) is 0.815. The molecule has 2 fully saturated rings. The fourth-order valence-electron chi connectivity index (χ4n) is 14.3. The third-order valence-corrected chi connectivity index (χ3v) is 21.2. The average molecular weight is 1490 g/mol. The molecule has 0 radical (unpaired) electrons. The van der Waals surface area contributed by atoms with Crippen molar-refractivity contribution < 1.29 is 64.6 Å². The van der Waals surface area contributed by atoms with Crippen molar-refractivity contribution in [3.8, 4) is 0 Å². The number of amides is 1. The predicted molar refractivity (Wildman–Crippen MR) is 443 cm³/mol. The van der Waals surface area contributed by atoms with Crippen LogP contribution in [0.2, 0.25) is 0 Å². The van der Waals surface area contributed by atoms with Crippen LogP contribution in [0.5, 0.6) is 0 Å². The molecular formula is C92H165NO13. The molecule has 0 aliphatic carbocycles. The first-order valence-corrected chi connectivity index (χ1v) is 44.5. The number of ether oxygens (including phenoxy) is 4. The normalized spacial score (nSPS) is 21.8. The highest BCUT2D eigenvalue weighted by molar-refractivity contribution is 5.76. The Balaban J connectivity index is 1.57. The predicted octanol–water partition coefficient (Wildman–Crippen LogP) is 21.6. The molecule has 14 heteroatoms. The first-order chi connectivity index (χ1) is 52.1. The minimum atomic E-state index is -1.80. The third kappa shape index (κ3) is 56.2. The van der Waals surface area contributed by atoms with Crippen molar-refractivity contribution in [2.75, 3.05) is 19.8 Å². The molecule has 0 aromatic carbocycles. The van der Waals surface area contributed by atoms with Gasteiger partial charge in [0.1, 0.15) is 48.8 Å². The van der Waals surface area contributed by atoms with Gasteiger partial charge in [-0.2, -0.15) is 0 Å². The Hall–Kier alpha value is -3.09. The number of nitrogens with one attached hydrogen (secondary N) is 1. The highest BCUT2D eigenvalue weighted by Crippen LogP contribution is 2.30. The highest BCUT2D eigenvalue weighted by Gasteiger charge is 2.51. The summed E-state index contributed by atoms with van der Waals surface area (Å²) in [5, 5.41) is 87.8. The summed E-state index contributed by atoms with van der Waals surface area (Å²) in [5.74, 6) is -0.248. The number of hydrogen-bond acceptors (Lipinski definition) is 13. The monoisotopic (exact) mass is 1490 g/mol. The maximum absolute atomic E-state index is 13.4. The molecule has 106 heavy (non-hydrogen) atoms. The van der Waals surface area contributed by atoms with Crippen molar-refractivity contribution in [2.24, 2.45) is 0 Å². The van der Waals surface area contributed by atoms with E-state index in [0.717, 1.165) is 77.0 Å². The van der Waals surface area contributed by atoms with Gasteiger partial charge in [-0.3, -0.25) is 4.79 Å². The molecule has 14 nitrogen and oxygen atoms in total. The van der Waals surface area contributed by atoms with Crippen LogP contribution in [0.1, 0.15) is 386 Å². The molecular weight excluding hydrogens is 1330 g/mol. The number of rotatable bonds is 75. The van der Waals surface area contributed by atoms with Gasteiger partial charge in [-0.1, -0.05) is 387 Å². The number of hydrogen-bond donors (Lipinski definition) is 9. The molecule has 0 saturated carbocycles. The Bertz CT molecular complexity index is 2160. The molecule has 2 aliphatic rings. The summed E-state index contributed by atoms with van der Waals surface area (Å²) in [6.07, 6.45) is 91.0. The van der Waals surface area contributed by atoms with E-state index in [1.165, 1.54) is 276 Å². The number of unbranched alkanes of at least 4 members (excludes halogenated alkanes) is 48. The molecule has 12 unspecified atom stereocenters. The van der Waals surface area contributed by atoms with Crippen LogP contribution >= 0.6 is 0 Å². The summed E-state index contributed by atoms with van der Waals surface area (Å²) >= 11 is 0. The number of aliphatic hydroxyl groups is 8. The Labute approximate surface area is 649 Å². The molecule has 2 saturated heterocycles. The van der Waals surface area contributed by atoms with Gasteiger partial charge in [0.15, 0.2) is 12.6 Å². The summed E-state index contributed by atoms with van der Waals surface area (Å²) < 4.78 is 22.9. The summed E-state index contributed by atoms with van der Waals surface area (Å²) in [7, 11) is 0. The van der Waals surface area contributed by atoms with E-state index in [9.17, 15) is 45.6 Å². The molecule has 9 N–H and O–H groups in total. The van der Waals surface area contributed by atoms with Crippen LogP contribution in [0.25, 0.3) is 0 Å². The van der Waals surface area contributed by atoms with Crippen molar-refractivity contribution >= 4 is 5.91 Å². The summed E-state index contributed by atoms with van der Waals surface area (Å²) in [5.41, 5.74) is 0. The molecule has 12 atom stereocenters. The van der Waals surface area contributed by atoms with Crippen LogP contribution in [-0.2, 0) is 23.7 Å². The van der Waals surface area contributed by atoms with Crippen LogP contribution in [0, 0.1) is 0 Å². The zero-order valence-electron chi connectivity index (χ0n) is 67.9. The molecule has 0 bridgehead atoms. The van der Waals surface area contributed by atoms with E-state index < -0.39 is 86.8 Å². The largest absolute Gasteiger partial charge is 0.394 e. The molecule has 1 amide bonds. The first kappa shape index (κ1) is 99.0. The number of aliphatic hydroxyl groups excluding tert-OH is 8. The van der Waals surface area contributed by atoms with E-state index in [2.05, 4.69) is 104 Å². The fourth-order valence-corrected chi connectivity index (χ4v) is 14.3. The lowest BCUT2D eigenvalue weighted by molar-refractivity contribution is -0.359. The van der Waals surface area contributed by atoms with Gasteiger partial charge < -0.3 is 65.1 Å². The van der Waals surface area contributed by atoms with Crippen LogP contribution < -0.4 is 5.32 Å². The molecule has 2 rings (SSSR count). The standard InChI is InChI=1S/C92H165NO13/c1-3-5-7-9-11-13-15-17-19-21-23-25-27-29-31-33-35-36-37-38-39-40-41-42-43-44-46-48-50-52-54-56-58-60-62-64-66-68-70-72-74-76-84(97)93-80(79-103-91-89(102)87(100)90(83(78-95)105-91)106-92-88(101)86(99)85(98)82(77-94)104-92)81(96)75-73-71-69-67-65-63-61-59-57-55-53-51-49-47-45-34-32-30-28-26-24-22-20-18-16-14-12-10-8-6-4-2/h5,7,11,13,17,19,23,25,29,31,57,59,65,67,73,75,80-83,85-92,94-96,98-102H,3-4,6,8-10,12,14-16,18,20-22,24,26-28,30,32-56,58,60-64,66,68-72,74,76-79H2,1-2H3,(H,93,97)/b7-5-,13-11-,19-17-,25-23-,31-29-,59-57+,67-65+,75-73+. The van der Waals surface area contributed by atoms with Crippen molar-refractivity contribution in [2.45, 2.75) is 460 Å². The van der Waals surface area contributed by atoms with Crippen LogP contribution in [0.3, 0.4) is 0 Å². The van der Waals surface area contributed by atoms with Crippen molar-refractivity contribution in [3.63, 3.8) is 0 Å². The van der Waals surface area contributed by atoms with E-state index in [-0.39, 0.29) is 18.9 Å². The zero-order valence-corrected chi connectivity index (χ0v) is 67.9. The van der Waals surface area contributed by atoms with Crippen LogP contribution in [-0.4, -0.2) is 140 Å². The molecule has 616 valence electrons. The van der Waals surface area contributed by atoms with Crippen molar-refractivity contribution in [3.05, 3.63) is 97.2 Å². The van der Waals surface area contributed by atoms with Gasteiger partial charge in [-0.15, -0.1) is 0 Å². The van der Waals surface area contributed by atoms with Crippen LogP contribution in [0.15, 0.2) is 97.2 Å². The molecule has 0 spiro atoms. The van der Waals surface area contributed by atoms with Gasteiger partial charge in [0.2, 0.25) is 5.91 Å². The van der Waals surface area contributed by atoms with E-state index in [1.54, 1.807) is 6.08 Å². The van der Waals surface area contributed by atoms with E-state index in [0.29, 0.717) is 12.8 Å². The smallest absolute Gasteiger partial charge is 0.220 e. The number of carbonyl (C=O) groups is 1. The third-order valence-electron chi connectivity index (χ3n) is 21.2. The average Bonchev–Trinajstić information content (AvgIpc) is 0.790. The summed E-state index contributed by atoms with van der Waals surface area (Å²) in [6.45, 7) is 2.72. The number of carbonyl (C=O) groups excluding carboxylic acids is 1. The van der Waals surface area contributed by atoms with Crippen LogP contribution in [0.4, 0.5) is 0 Å². The Morgan fingerprint density at radius 2 is 0.660 bits per heavy atom. The van der Waals surface area contributed by atoms with E-state index >= 15 is 0 Å². The van der Waals surface area contributed by atoms with Gasteiger partial charge in [0, 0.05) is 6.42 Å². The van der Waals surface area contributed by atoms with Gasteiger partial charge in [-0.25, -0.2) is 0 Å². The summed E-state index contributed by atoms with van der Waals surface area (Å²) in [6, 6.07) is -0.943. The van der Waals surface area contributed by atoms with Crippen molar-refractivity contribution in [1.82, 2.24) is 5.32 Å². The molecule has 0 aromatic heterocycles. The second kappa shape index (κ2) is 74.6. The Kier molecular flexibility index (Phi) is 69.7. The lowest BCUT2D eigenvalue weighted by Crippen LogP contribution is -2.65. The lowest BCUT2D eigenvalue weighted by Gasteiger charge is -2.46. The quantitative estimate of drug-likeness (QED) is 0.0204. The molecule has 2 heterocycles. The van der Waals surface area contributed by atoms with Gasteiger partial charge in [0.05, 0.1) is 32.0 Å². The second-order valence-corrected chi connectivity index (χ2v) is 31.0. The highest BCUT2D eigenvalue weighted by atomic mass is 16.7. The SMILES string of the molecule is CC/C=C\C/C=C\C/C=C\C/C=C\C/C=C\CCCCCCCCCCCCCCCCCCCCCCCCCCCC(=O)NC(COC1OC(CO)C(OC2OC(CO)C(O)C(O)C2O)C(O)C1O)C(O)/C=C/CC/C=C/CC/C=C/CCCCCCCCCCCCCCCCCCCCCCC. The topological polar surface area (TPSA) is 228 Å². The minimum Gasteiger partial charge on any atom is -0.394 e. The van der Waals surface area contributed by atoms with Crippen molar-refractivity contribution in [1.29, 1.82) is 0 Å². The van der Waals surface area contributed by atoms with Gasteiger partial charge in [-0.05, 0) is 89.9 Å². The Morgan fingerprint density at radius 3 is 1.04 bits per heavy atom. The van der Waals surface area contributed by atoms with E-state index in [4.69, 9.17) is 18.9 Å². The van der Waals surface area contributed by atoms with Gasteiger partial charge in [0.25, 0.3) is 0 Å². The minimum absolute atomic E-state index is 0.248. The number of allylic oxidation sites excluding steroid dienone is 15. The first-order valence-electron chi connectivity index (χ1n) is 44.5. The molecule has 0 aromatic rings. The van der Waals surface area contributed by atoms with Gasteiger partial charge >= 0.3 is 0 Å².